The Balaban J connectivity index is 1.71. The third-order valence-electron chi connectivity index (χ3n) is 3.51. The second-order valence-electron chi connectivity index (χ2n) is 5.39. The molecule has 2 rings (SSSR count). The largest absolute Gasteiger partial charge is 0.352 e. The maximum atomic E-state index is 12.2. The van der Waals surface area contributed by atoms with E-state index in [-0.39, 0.29) is 5.91 Å². The minimum Gasteiger partial charge on any atom is -0.352 e. The zero-order chi connectivity index (χ0) is 16.5. The van der Waals surface area contributed by atoms with Gasteiger partial charge in [-0.05, 0) is 44.0 Å². The highest BCUT2D eigenvalue weighted by molar-refractivity contribution is 7.98. The Morgan fingerprint density at radius 2 is 2.00 bits per heavy atom. The van der Waals surface area contributed by atoms with Crippen LogP contribution in [0.1, 0.15) is 22.3 Å². The fourth-order valence-corrected chi connectivity index (χ4v) is 2.89. The van der Waals surface area contributed by atoms with Crippen LogP contribution in [0.15, 0.2) is 53.7 Å². The van der Waals surface area contributed by atoms with Gasteiger partial charge in [0.05, 0.1) is 5.56 Å². The Morgan fingerprint density at radius 1 is 1.22 bits per heavy atom. The number of nitrogens with zero attached hydrogens (tertiary/aromatic N) is 2. The summed E-state index contributed by atoms with van der Waals surface area (Å²) >= 11 is 1.49. The Hall–Kier alpha value is -1.85. The summed E-state index contributed by atoms with van der Waals surface area (Å²) < 4.78 is 0. The van der Waals surface area contributed by atoms with Gasteiger partial charge < -0.3 is 10.2 Å². The van der Waals surface area contributed by atoms with E-state index in [1.165, 1.54) is 17.3 Å². The van der Waals surface area contributed by atoms with Crippen LogP contribution >= 0.6 is 11.8 Å². The predicted octanol–water partition coefficient (Wildman–Crippen LogP) is 3.06. The van der Waals surface area contributed by atoms with Gasteiger partial charge in [-0.25, -0.2) is 4.98 Å². The first-order valence-electron chi connectivity index (χ1n) is 7.70. The van der Waals surface area contributed by atoms with Crippen molar-refractivity contribution >= 4 is 17.7 Å². The first-order chi connectivity index (χ1) is 11.2. The summed E-state index contributed by atoms with van der Waals surface area (Å²) in [6.07, 6.45) is 4.56. The lowest BCUT2D eigenvalue weighted by molar-refractivity contribution is 0.0948. The van der Waals surface area contributed by atoms with E-state index in [2.05, 4.69) is 46.5 Å². The second-order valence-corrected chi connectivity index (χ2v) is 6.19. The van der Waals surface area contributed by atoms with Crippen molar-refractivity contribution in [2.24, 2.45) is 0 Å². The number of amides is 1. The lowest BCUT2D eigenvalue weighted by atomic mass is 10.2. The van der Waals surface area contributed by atoms with Gasteiger partial charge in [-0.1, -0.05) is 30.3 Å². The fourth-order valence-electron chi connectivity index (χ4n) is 2.35. The third-order valence-corrected chi connectivity index (χ3v) is 4.22. The highest BCUT2D eigenvalue weighted by Gasteiger charge is 2.10. The van der Waals surface area contributed by atoms with Crippen molar-refractivity contribution in [3.8, 4) is 0 Å². The summed E-state index contributed by atoms with van der Waals surface area (Å²) in [5.41, 5.74) is 1.96. The number of carbonyl (C=O) groups is 1. The van der Waals surface area contributed by atoms with Gasteiger partial charge in [0.25, 0.3) is 5.91 Å². The third kappa shape index (κ3) is 5.69. The number of carbonyl (C=O) groups excluding carboxylic acids is 1. The number of pyridine rings is 1. The van der Waals surface area contributed by atoms with Gasteiger partial charge in [-0.3, -0.25) is 4.79 Å². The van der Waals surface area contributed by atoms with Gasteiger partial charge in [0.1, 0.15) is 5.03 Å². The maximum Gasteiger partial charge on any atom is 0.254 e. The van der Waals surface area contributed by atoms with E-state index in [4.69, 9.17) is 0 Å². The number of rotatable bonds is 8. The smallest absolute Gasteiger partial charge is 0.254 e. The molecule has 0 fully saturated rings. The van der Waals surface area contributed by atoms with Crippen molar-refractivity contribution in [3.63, 3.8) is 0 Å². The van der Waals surface area contributed by atoms with Crippen LogP contribution in [0.2, 0.25) is 0 Å². The summed E-state index contributed by atoms with van der Waals surface area (Å²) in [7, 11) is 2.10. The Kier molecular flexibility index (Phi) is 7.10. The Bertz CT molecular complexity index is 619. The lowest BCUT2D eigenvalue weighted by Gasteiger charge is -2.16. The van der Waals surface area contributed by atoms with E-state index in [9.17, 15) is 4.79 Å². The molecule has 0 saturated carbocycles. The van der Waals surface area contributed by atoms with E-state index in [1.807, 2.05) is 18.4 Å². The van der Waals surface area contributed by atoms with Crippen molar-refractivity contribution in [1.82, 2.24) is 15.2 Å². The molecule has 1 heterocycles. The Morgan fingerprint density at radius 3 is 2.74 bits per heavy atom. The highest BCUT2D eigenvalue weighted by atomic mass is 32.2. The molecule has 0 saturated heterocycles. The molecule has 1 amide bonds. The number of hydrogen-bond acceptors (Lipinski definition) is 4. The van der Waals surface area contributed by atoms with E-state index < -0.39 is 0 Å². The van der Waals surface area contributed by atoms with Crippen LogP contribution in [-0.4, -0.2) is 42.2 Å². The monoisotopic (exact) mass is 329 g/mol. The van der Waals surface area contributed by atoms with Gasteiger partial charge in [0.2, 0.25) is 0 Å². The van der Waals surface area contributed by atoms with Crippen LogP contribution in [0.25, 0.3) is 0 Å². The number of aromatic nitrogens is 1. The van der Waals surface area contributed by atoms with E-state index in [0.717, 1.165) is 24.5 Å². The molecule has 5 heteroatoms. The van der Waals surface area contributed by atoms with Crippen molar-refractivity contribution in [2.45, 2.75) is 18.0 Å². The van der Waals surface area contributed by atoms with Crippen LogP contribution in [-0.2, 0) is 6.54 Å². The zero-order valence-electron chi connectivity index (χ0n) is 13.7. The SMILES string of the molecule is CSc1ncccc1C(=O)NCCCN(C)Cc1ccccc1. The molecular weight excluding hydrogens is 306 g/mol. The lowest BCUT2D eigenvalue weighted by Crippen LogP contribution is -2.28. The van der Waals surface area contributed by atoms with Gasteiger partial charge in [0.15, 0.2) is 0 Å². The first-order valence-corrected chi connectivity index (χ1v) is 8.93. The van der Waals surface area contributed by atoms with Crippen LogP contribution in [0.3, 0.4) is 0 Å². The molecule has 0 radical (unpaired) electrons. The van der Waals surface area contributed by atoms with Crippen LogP contribution in [0, 0.1) is 0 Å². The van der Waals surface area contributed by atoms with Gasteiger partial charge in [0, 0.05) is 19.3 Å². The summed E-state index contributed by atoms with van der Waals surface area (Å²) in [6, 6.07) is 14.0. The zero-order valence-corrected chi connectivity index (χ0v) is 14.5. The molecule has 0 bridgehead atoms. The fraction of sp³-hybridized carbons (Fsp3) is 0.333. The topological polar surface area (TPSA) is 45.2 Å². The molecule has 0 spiro atoms. The number of hydrogen-bond donors (Lipinski definition) is 1. The predicted molar refractivity (Wildman–Crippen MR) is 95.7 cm³/mol. The minimum atomic E-state index is -0.0480. The summed E-state index contributed by atoms with van der Waals surface area (Å²) in [5.74, 6) is -0.0480. The van der Waals surface area contributed by atoms with E-state index in [1.54, 1.807) is 12.3 Å². The molecule has 0 aliphatic rings. The second kappa shape index (κ2) is 9.33. The average molecular weight is 329 g/mol. The Labute approximate surface area is 142 Å². The quantitative estimate of drug-likeness (QED) is 0.597. The highest BCUT2D eigenvalue weighted by Crippen LogP contribution is 2.16. The molecule has 1 aromatic carbocycles. The van der Waals surface area contributed by atoms with Crippen molar-refractivity contribution in [2.75, 3.05) is 26.4 Å². The van der Waals surface area contributed by atoms with E-state index >= 15 is 0 Å². The maximum absolute atomic E-state index is 12.2. The molecule has 0 atom stereocenters. The number of benzene rings is 1. The molecule has 23 heavy (non-hydrogen) atoms. The molecule has 1 aromatic heterocycles. The van der Waals surface area contributed by atoms with Crippen molar-refractivity contribution in [3.05, 3.63) is 59.8 Å². The number of nitrogens with one attached hydrogen (secondary N) is 1. The molecule has 1 N–H and O–H groups in total. The van der Waals surface area contributed by atoms with Gasteiger partial charge >= 0.3 is 0 Å². The summed E-state index contributed by atoms with van der Waals surface area (Å²) in [4.78, 5) is 18.7. The van der Waals surface area contributed by atoms with Crippen LogP contribution in [0.4, 0.5) is 0 Å². The molecular formula is C18H23N3OS. The standard InChI is InChI=1S/C18H23N3OS/c1-21(14-15-8-4-3-5-9-15)13-7-12-19-17(22)16-10-6-11-20-18(16)23-2/h3-6,8-11H,7,12-14H2,1-2H3,(H,19,22). The first kappa shape index (κ1) is 17.5. The molecule has 2 aromatic rings. The van der Waals surface area contributed by atoms with E-state index in [0.29, 0.717) is 12.1 Å². The molecule has 122 valence electrons. The average Bonchev–Trinajstić information content (AvgIpc) is 2.59. The number of thioether (sulfide) groups is 1. The summed E-state index contributed by atoms with van der Waals surface area (Å²) in [5, 5.41) is 3.74. The van der Waals surface area contributed by atoms with Crippen LogP contribution < -0.4 is 5.32 Å². The van der Waals surface area contributed by atoms with Gasteiger partial charge in [-0.15, -0.1) is 11.8 Å². The van der Waals surface area contributed by atoms with Crippen molar-refractivity contribution in [1.29, 1.82) is 0 Å². The molecule has 0 aliphatic carbocycles. The summed E-state index contributed by atoms with van der Waals surface area (Å²) in [6.45, 7) is 2.53. The van der Waals surface area contributed by atoms with Crippen LogP contribution in [0.5, 0.6) is 0 Å². The molecule has 0 unspecified atom stereocenters. The minimum absolute atomic E-state index is 0.0480. The van der Waals surface area contributed by atoms with Crippen molar-refractivity contribution < 1.29 is 4.79 Å². The normalized spacial score (nSPS) is 10.7. The molecule has 4 nitrogen and oxygen atoms in total. The van der Waals surface area contributed by atoms with Gasteiger partial charge in [-0.2, -0.15) is 0 Å². The molecule has 0 aliphatic heterocycles.